The number of nitrogens with one attached hydrogen (secondary N) is 3. The van der Waals surface area contributed by atoms with Crippen LogP contribution in [0.4, 0.5) is 25.8 Å². The van der Waals surface area contributed by atoms with Crippen LogP contribution in [0.3, 0.4) is 0 Å². The van der Waals surface area contributed by atoms with E-state index in [9.17, 15) is 18.4 Å². The SMILES string of the molecule is Cc1ccc(NC(=O)c2ccccc2NCC(=O)Nc2ccc(F)c(F)c2)cc1. The maximum atomic E-state index is 13.2. The van der Waals surface area contributed by atoms with E-state index in [-0.39, 0.29) is 18.1 Å². The van der Waals surface area contributed by atoms with Crippen LogP contribution < -0.4 is 16.0 Å². The van der Waals surface area contributed by atoms with Crippen molar-refractivity contribution in [2.75, 3.05) is 22.5 Å². The second-order valence-electron chi connectivity index (χ2n) is 6.40. The molecule has 0 spiro atoms. The van der Waals surface area contributed by atoms with Gasteiger partial charge in [0.1, 0.15) is 0 Å². The lowest BCUT2D eigenvalue weighted by atomic mass is 10.1. The molecule has 0 aliphatic heterocycles. The van der Waals surface area contributed by atoms with Gasteiger partial charge < -0.3 is 16.0 Å². The Balaban J connectivity index is 1.63. The quantitative estimate of drug-likeness (QED) is 0.572. The maximum Gasteiger partial charge on any atom is 0.257 e. The van der Waals surface area contributed by atoms with Gasteiger partial charge in [-0.15, -0.1) is 0 Å². The molecule has 2 amide bonds. The van der Waals surface area contributed by atoms with Gasteiger partial charge in [-0.2, -0.15) is 0 Å². The van der Waals surface area contributed by atoms with Crippen molar-refractivity contribution in [1.29, 1.82) is 0 Å². The van der Waals surface area contributed by atoms with Crippen molar-refractivity contribution in [3.05, 3.63) is 89.5 Å². The van der Waals surface area contributed by atoms with E-state index >= 15 is 0 Å². The van der Waals surface area contributed by atoms with E-state index in [0.29, 0.717) is 16.9 Å². The second kappa shape index (κ2) is 8.97. The summed E-state index contributed by atoms with van der Waals surface area (Å²) in [5.41, 5.74) is 2.72. The van der Waals surface area contributed by atoms with E-state index in [1.807, 2.05) is 19.1 Å². The zero-order valence-corrected chi connectivity index (χ0v) is 15.6. The highest BCUT2D eigenvalue weighted by Gasteiger charge is 2.12. The number of hydrogen-bond acceptors (Lipinski definition) is 3. The molecule has 7 heteroatoms. The number of aryl methyl sites for hydroxylation is 1. The largest absolute Gasteiger partial charge is 0.376 e. The van der Waals surface area contributed by atoms with Gasteiger partial charge in [0.25, 0.3) is 5.91 Å². The number of para-hydroxylation sites is 1. The monoisotopic (exact) mass is 395 g/mol. The average Bonchev–Trinajstić information content (AvgIpc) is 2.71. The molecule has 5 nitrogen and oxygen atoms in total. The van der Waals surface area contributed by atoms with Crippen molar-refractivity contribution in [3.63, 3.8) is 0 Å². The van der Waals surface area contributed by atoms with E-state index in [4.69, 9.17) is 0 Å². The topological polar surface area (TPSA) is 70.2 Å². The lowest BCUT2D eigenvalue weighted by molar-refractivity contribution is -0.114. The summed E-state index contributed by atoms with van der Waals surface area (Å²) < 4.78 is 26.2. The molecule has 0 unspecified atom stereocenters. The first kappa shape index (κ1) is 20.0. The first-order valence-electron chi connectivity index (χ1n) is 8.88. The summed E-state index contributed by atoms with van der Waals surface area (Å²) in [6, 6.07) is 17.3. The number of halogens is 2. The molecule has 0 bridgehead atoms. The van der Waals surface area contributed by atoms with Gasteiger partial charge in [0.15, 0.2) is 11.6 Å². The normalized spacial score (nSPS) is 10.3. The van der Waals surface area contributed by atoms with Crippen LogP contribution in [-0.4, -0.2) is 18.4 Å². The van der Waals surface area contributed by atoms with Crippen molar-refractivity contribution in [2.45, 2.75) is 6.92 Å². The van der Waals surface area contributed by atoms with Crippen LogP contribution in [0, 0.1) is 18.6 Å². The molecule has 3 rings (SSSR count). The Morgan fingerprint density at radius 1 is 0.828 bits per heavy atom. The molecule has 0 fully saturated rings. The average molecular weight is 395 g/mol. The van der Waals surface area contributed by atoms with Crippen molar-refractivity contribution < 1.29 is 18.4 Å². The predicted octanol–water partition coefficient (Wildman–Crippen LogP) is 4.58. The molecule has 0 aromatic heterocycles. The first-order chi connectivity index (χ1) is 13.9. The van der Waals surface area contributed by atoms with Crippen LogP contribution in [0.25, 0.3) is 0 Å². The van der Waals surface area contributed by atoms with Gasteiger partial charge in [-0.1, -0.05) is 29.8 Å². The summed E-state index contributed by atoms with van der Waals surface area (Å²) in [5.74, 6) is -2.83. The molecule has 3 N–H and O–H groups in total. The zero-order chi connectivity index (χ0) is 20.8. The summed E-state index contributed by atoms with van der Waals surface area (Å²) in [6.45, 7) is 1.80. The zero-order valence-electron chi connectivity index (χ0n) is 15.6. The third kappa shape index (κ3) is 5.38. The third-order valence-electron chi connectivity index (χ3n) is 4.12. The molecule has 3 aromatic rings. The van der Waals surface area contributed by atoms with Gasteiger partial charge in [0, 0.05) is 23.1 Å². The van der Waals surface area contributed by atoms with E-state index in [1.165, 1.54) is 6.07 Å². The van der Waals surface area contributed by atoms with Crippen molar-refractivity contribution in [1.82, 2.24) is 0 Å². The van der Waals surface area contributed by atoms with Gasteiger partial charge in [-0.05, 0) is 43.3 Å². The minimum Gasteiger partial charge on any atom is -0.376 e. The van der Waals surface area contributed by atoms with Crippen LogP contribution in [0.15, 0.2) is 66.7 Å². The summed E-state index contributed by atoms with van der Waals surface area (Å²) >= 11 is 0. The maximum absolute atomic E-state index is 13.2. The Morgan fingerprint density at radius 2 is 1.52 bits per heavy atom. The molecule has 0 heterocycles. The molecular weight excluding hydrogens is 376 g/mol. The molecule has 29 heavy (non-hydrogen) atoms. The minimum atomic E-state index is -1.05. The van der Waals surface area contributed by atoms with Crippen molar-refractivity contribution in [3.8, 4) is 0 Å². The van der Waals surface area contributed by atoms with Gasteiger partial charge in [-0.25, -0.2) is 8.78 Å². The summed E-state index contributed by atoms with van der Waals surface area (Å²) in [5, 5.41) is 8.17. The molecule has 0 atom stereocenters. The molecule has 0 aliphatic carbocycles. The number of benzene rings is 3. The Kier molecular flexibility index (Phi) is 6.19. The van der Waals surface area contributed by atoms with E-state index in [0.717, 1.165) is 17.7 Å². The Hall–Kier alpha value is -3.74. The van der Waals surface area contributed by atoms with Gasteiger partial charge >= 0.3 is 0 Å². The first-order valence-corrected chi connectivity index (χ1v) is 8.88. The lowest BCUT2D eigenvalue weighted by Gasteiger charge is -2.13. The second-order valence-corrected chi connectivity index (χ2v) is 6.40. The number of carbonyl (C=O) groups is 2. The standard InChI is InChI=1S/C22H19F2N3O2/c1-14-6-8-15(9-7-14)27-22(29)17-4-2-3-5-20(17)25-13-21(28)26-16-10-11-18(23)19(24)12-16/h2-12,25H,13H2,1H3,(H,26,28)(H,27,29). The molecule has 0 aliphatic rings. The highest BCUT2D eigenvalue weighted by molar-refractivity contribution is 6.08. The van der Waals surface area contributed by atoms with Crippen LogP contribution in [0.5, 0.6) is 0 Å². The van der Waals surface area contributed by atoms with Crippen molar-refractivity contribution in [2.24, 2.45) is 0 Å². The van der Waals surface area contributed by atoms with Crippen LogP contribution in [0.1, 0.15) is 15.9 Å². The summed E-state index contributed by atoms with van der Waals surface area (Å²) in [4.78, 5) is 24.7. The number of carbonyl (C=O) groups excluding carboxylic acids is 2. The van der Waals surface area contributed by atoms with Gasteiger partial charge in [0.2, 0.25) is 5.91 Å². The highest BCUT2D eigenvalue weighted by atomic mass is 19.2. The minimum absolute atomic E-state index is 0.140. The van der Waals surface area contributed by atoms with E-state index in [2.05, 4.69) is 16.0 Å². The van der Waals surface area contributed by atoms with E-state index in [1.54, 1.807) is 36.4 Å². The fourth-order valence-electron chi connectivity index (χ4n) is 2.63. The van der Waals surface area contributed by atoms with E-state index < -0.39 is 17.5 Å². The lowest BCUT2D eigenvalue weighted by Crippen LogP contribution is -2.23. The van der Waals surface area contributed by atoms with Crippen molar-refractivity contribution >= 4 is 28.9 Å². The molecule has 0 radical (unpaired) electrons. The van der Waals surface area contributed by atoms with Gasteiger partial charge in [0.05, 0.1) is 12.1 Å². The number of amides is 2. The Labute approximate surface area is 166 Å². The molecule has 3 aromatic carbocycles. The van der Waals surface area contributed by atoms with Gasteiger partial charge in [-0.3, -0.25) is 9.59 Å². The fourth-order valence-corrected chi connectivity index (χ4v) is 2.63. The Bertz CT molecular complexity index is 1040. The smallest absolute Gasteiger partial charge is 0.257 e. The molecule has 0 saturated carbocycles. The third-order valence-corrected chi connectivity index (χ3v) is 4.12. The predicted molar refractivity (Wildman–Crippen MR) is 109 cm³/mol. The Morgan fingerprint density at radius 3 is 2.24 bits per heavy atom. The molecule has 0 saturated heterocycles. The van der Waals surface area contributed by atoms with Crippen LogP contribution in [0.2, 0.25) is 0 Å². The highest BCUT2D eigenvalue weighted by Crippen LogP contribution is 2.18. The molecular formula is C22H19F2N3O2. The number of hydrogen-bond donors (Lipinski definition) is 3. The molecule has 148 valence electrons. The summed E-state index contributed by atoms with van der Waals surface area (Å²) in [7, 11) is 0. The number of rotatable bonds is 6. The number of anilines is 3. The van der Waals surface area contributed by atoms with Crippen LogP contribution >= 0.6 is 0 Å². The fraction of sp³-hybridized carbons (Fsp3) is 0.0909. The summed E-state index contributed by atoms with van der Waals surface area (Å²) in [6.07, 6.45) is 0. The van der Waals surface area contributed by atoms with Crippen LogP contribution in [-0.2, 0) is 4.79 Å².